The summed E-state index contributed by atoms with van der Waals surface area (Å²) in [5, 5.41) is 20.3. The van der Waals surface area contributed by atoms with E-state index in [0.717, 1.165) is 17.6 Å². The molecule has 0 atom stereocenters. The van der Waals surface area contributed by atoms with E-state index in [0.29, 0.717) is 5.92 Å². The second-order valence-corrected chi connectivity index (χ2v) is 5.82. The number of aliphatic hydroxyl groups is 2. The lowest BCUT2D eigenvalue weighted by Crippen LogP contribution is -2.31. The van der Waals surface area contributed by atoms with Gasteiger partial charge >= 0.3 is 0 Å². The van der Waals surface area contributed by atoms with Crippen LogP contribution in [-0.2, 0) is 0 Å². The highest BCUT2D eigenvalue weighted by Gasteiger charge is 2.48. The number of fused-ring (bicyclic) bond motifs is 1. The predicted octanol–water partition coefficient (Wildman–Crippen LogP) is 2.17. The van der Waals surface area contributed by atoms with Gasteiger partial charge in [0.1, 0.15) is 0 Å². The predicted molar refractivity (Wildman–Crippen MR) is 60.4 cm³/mol. The average Bonchev–Trinajstić information content (AvgIpc) is 2.52. The number of rotatable bonds is 2. The highest BCUT2D eigenvalue weighted by atomic mass is 16.3. The van der Waals surface area contributed by atoms with E-state index in [1.165, 1.54) is 11.1 Å². The molecule has 1 saturated carbocycles. The monoisotopic (exact) mass is 208 g/mol. The fraction of sp³-hybridized carbons (Fsp3) is 0.692. The summed E-state index contributed by atoms with van der Waals surface area (Å²) in [6, 6.07) is 0. The molecule has 0 heterocycles. The number of allylic oxidation sites excluding steroid dienone is 2. The SMILES string of the molecule is CC1C2=C(C(C)(C)O)C(C(C)(C)O)=C1C2. The minimum absolute atomic E-state index is 0.438. The molecule has 0 amide bonds. The topological polar surface area (TPSA) is 40.5 Å². The lowest BCUT2D eigenvalue weighted by Gasteiger charge is -2.28. The Hall–Kier alpha value is -0.600. The maximum atomic E-state index is 10.2. The van der Waals surface area contributed by atoms with Crippen molar-refractivity contribution in [2.75, 3.05) is 0 Å². The van der Waals surface area contributed by atoms with Gasteiger partial charge in [0.05, 0.1) is 11.2 Å². The van der Waals surface area contributed by atoms with Gasteiger partial charge in [-0.15, -0.1) is 0 Å². The summed E-state index contributed by atoms with van der Waals surface area (Å²) in [5.74, 6) is 0.438. The minimum Gasteiger partial charge on any atom is -0.386 e. The van der Waals surface area contributed by atoms with Crippen LogP contribution in [0.2, 0.25) is 0 Å². The molecule has 3 rings (SSSR count). The third kappa shape index (κ3) is 1.39. The second-order valence-electron chi connectivity index (χ2n) is 5.82. The third-order valence-electron chi connectivity index (χ3n) is 3.54. The fourth-order valence-corrected chi connectivity index (χ4v) is 2.92. The molecule has 2 heteroatoms. The summed E-state index contributed by atoms with van der Waals surface area (Å²) >= 11 is 0. The van der Waals surface area contributed by atoms with Crippen molar-refractivity contribution in [2.24, 2.45) is 5.92 Å². The summed E-state index contributed by atoms with van der Waals surface area (Å²) in [7, 11) is 0. The summed E-state index contributed by atoms with van der Waals surface area (Å²) in [6.45, 7) is 9.35. The van der Waals surface area contributed by atoms with Gasteiger partial charge in [-0.05, 0) is 51.2 Å². The summed E-state index contributed by atoms with van der Waals surface area (Å²) in [4.78, 5) is 0. The van der Waals surface area contributed by atoms with Crippen molar-refractivity contribution in [1.29, 1.82) is 0 Å². The van der Waals surface area contributed by atoms with E-state index in [2.05, 4.69) is 6.92 Å². The summed E-state index contributed by atoms with van der Waals surface area (Å²) < 4.78 is 0. The molecule has 2 nitrogen and oxygen atoms in total. The average molecular weight is 208 g/mol. The molecule has 0 saturated heterocycles. The molecule has 0 radical (unpaired) electrons. The Balaban J connectivity index is 2.54. The Morgan fingerprint density at radius 2 is 1.27 bits per heavy atom. The first kappa shape index (κ1) is 10.9. The first-order valence-electron chi connectivity index (χ1n) is 5.56. The third-order valence-corrected chi connectivity index (χ3v) is 3.54. The molecule has 0 spiro atoms. The molecule has 84 valence electrons. The van der Waals surface area contributed by atoms with Crippen LogP contribution in [0.5, 0.6) is 0 Å². The standard InChI is InChI=1S/C13H20O2/c1-7-8-6-9(7)11(13(4,5)15)10(8)12(2,3)14/h7,14-15H,6H2,1-5H3. The zero-order valence-corrected chi connectivity index (χ0v) is 10.2. The Morgan fingerprint density at radius 1 is 0.933 bits per heavy atom. The van der Waals surface area contributed by atoms with Crippen LogP contribution in [0.4, 0.5) is 0 Å². The van der Waals surface area contributed by atoms with E-state index in [4.69, 9.17) is 0 Å². The van der Waals surface area contributed by atoms with Gasteiger partial charge in [0, 0.05) is 0 Å². The van der Waals surface area contributed by atoms with E-state index in [-0.39, 0.29) is 0 Å². The first-order chi connectivity index (χ1) is 6.64. The Morgan fingerprint density at radius 3 is 1.47 bits per heavy atom. The van der Waals surface area contributed by atoms with Crippen LogP contribution in [0.15, 0.2) is 22.3 Å². The van der Waals surface area contributed by atoms with Crippen LogP contribution in [0, 0.1) is 5.92 Å². The van der Waals surface area contributed by atoms with Crippen molar-refractivity contribution in [2.45, 2.75) is 52.2 Å². The molecular weight excluding hydrogens is 188 g/mol. The maximum Gasteiger partial charge on any atom is 0.0844 e. The summed E-state index contributed by atoms with van der Waals surface area (Å²) in [6.07, 6.45) is 0.958. The lowest BCUT2D eigenvalue weighted by molar-refractivity contribution is 0.0936. The van der Waals surface area contributed by atoms with Crippen LogP contribution in [0.1, 0.15) is 41.0 Å². The maximum absolute atomic E-state index is 10.2. The van der Waals surface area contributed by atoms with E-state index in [9.17, 15) is 10.2 Å². The molecule has 0 aromatic rings. The highest BCUT2D eigenvalue weighted by Crippen LogP contribution is 2.57. The molecule has 0 unspecified atom stereocenters. The molecule has 2 N–H and O–H groups in total. The molecular formula is C13H20O2. The van der Waals surface area contributed by atoms with Gasteiger partial charge in [0.15, 0.2) is 0 Å². The van der Waals surface area contributed by atoms with Crippen LogP contribution < -0.4 is 0 Å². The lowest BCUT2D eigenvalue weighted by atomic mass is 9.78. The fourth-order valence-electron chi connectivity index (χ4n) is 2.92. The van der Waals surface area contributed by atoms with Gasteiger partial charge in [-0.3, -0.25) is 0 Å². The molecule has 3 aliphatic rings. The van der Waals surface area contributed by atoms with Gasteiger partial charge in [-0.1, -0.05) is 18.1 Å². The van der Waals surface area contributed by atoms with E-state index < -0.39 is 11.2 Å². The molecule has 3 aliphatic carbocycles. The minimum atomic E-state index is -0.836. The van der Waals surface area contributed by atoms with E-state index in [1.807, 2.05) is 0 Å². The Bertz CT molecular complexity index is 336. The zero-order chi connectivity index (χ0) is 11.6. The van der Waals surface area contributed by atoms with Crippen LogP contribution in [0.25, 0.3) is 0 Å². The molecule has 2 bridgehead atoms. The van der Waals surface area contributed by atoms with E-state index in [1.54, 1.807) is 27.7 Å². The zero-order valence-electron chi connectivity index (χ0n) is 10.2. The molecule has 0 aliphatic heterocycles. The van der Waals surface area contributed by atoms with Crippen molar-refractivity contribution in [3.05, 3.63) is 22.3 Å². The van der Waals surface area contributed by atoms with Gasteiger partial charge in [0.2, 0.25) is 0 Å². The van der Waals surface area contributed by atoms with Crippen molar-refractivity contribution in [3.8, 4) is 0 Å². The summed E-state index contributed by atoms with van der Waals surface area (Å²) in [5.41, 5.74) is 2.92. The quantitative estimate of drug-likeness (QED) is 0.730. The van der Waals surface area contributed by atoms with Crippen LogP contribution in [-0.4, -0.2) is 21.4 Å². The first-order valence-corrected chi connectivity index (χ1v) is 5.56. The van der Waals surface area contributed by atoms with Crippen molar-refractivity contribution >= 4 is 0 Å². The molecule has 1 fully saturated rings. The second kappa shape index (κ2) is 2.74. The van der Waals surface area contributed by atoms with Crippen molar-refractivity contribution in [3.63, 3.8) is 0 Å². The van der Waals surface area contributed by atoms with E-state index >= 15 is 0 Å². The van der Waals surface area contributed by atoms with Gasteiger partial charge in [-0.25, -0.2) is 0 Å². The number of hydrogen-bond donors (Lipinski definition) is 2. The van der Waals surface area contributed by atoms with Crippen LogP contribution in [0.3, 0.4) is 0 Å². The largest absolute Gasteiger partial charge is 0.386 e. The molecule has 0 aromatic carbocycles. The van der Waals surface area contributed by atoms with Gasteiger partial charge < -0.3 is 10.2 Å². The molecule has 15 heavy (non-hydrogen) atoms. The van der Waals surface area contributed by atoms with Crippen LogP contribution >= 0.6 is 0 Å². The molecule has 0 aromatic heterocycles. The van der Waals surface area contributed by atoms with Crippen molar-refractivity contribution < 1.29 is 10.2 Å². The number of hydrogen-bond acceptors (Lipinski definition) is 2. The Labute approximate surface area is 91.3 Å². The Kier molecular flexibility index (Phi) is 1.99. The van der Waals surface area contributed by atoms with Crippen molar-refractivity contribution in [1.82, 2.24) is 0 Å². The van der Waals surface area contributed by atoms with Gasteiger partial charge in [-0.2, -0.15) is 0 Å². The smallest absolute Gasteiger partial charge is 0.0844 e. The van der Waals surface area contributed by atoms with Gasteiger partial charge in [0.25, 0.3) is 0 Å². The normalized spacial score (nSPS) is 22.6. The highest BCUT2D eigenvalue weighted by molar-refractivity contribution is 5.64.